The van der Waals surface area contributed by atoms with Crippen LogP contribution in [0.3, 0.4) is 0 Å². The SMILES string of the molecule is CCc1ccccc1C(Cl)C(=O)NC(C)(C)C. The van der Waals surface area contributed by atoms with E-state index in [0.717, 1.165) is 17.5 Å². The summed E-state index contributed by atoms with van der Waals surface area (Å²) in [5, 5.41) is 2.28. The number of hydrogen-bond acceptors (Lipinski definition) is 1. The van der Waals surface area contributed by atoms with E-state index in [9.17, 15) is 4.79 Å². The lowest BCUT2D eigenvalue weighted by Gasteiger charge is -2.23. The number of benzene rings is 1. The van der Waals surface area contributed by atoms with E-state index >= 15 is 0 Å². The van der Waals surface area contributed by atoms with Crippen LogP contribution in [0.5, 0.6) is 0 Å². The molecule has 0 bridgehead atoms. The molecule has 0 aromatic heterocycles. The van der Waals surface area contributed by atoms with Crippen LogP contribution in [0.4, 0.5) is 0 Å². The number of aryl methyl sites for hydroxylation is 1. The van der Waals surface area contributed by atoms with E-state index in [4.69, 9.17) is 11.6 Å². The van der Waals surface area contributed by atoms with Gasteiger partial charge in [-0.05, 0) is 38.3 Å². The Bertz CT molecular complexity index is 395. The largest absolute Gasteiger partial charge is 0.350 e. The van der Waals surface area contributed by atoms with Crippen LogP contribution in [-0.4, -0.2) is 11.4 Å². The van der Waals surface area contributed by atoms with Crippen molar-refractivity contribution in [1.29, 1.82) is 0 Å². The fourth-order valence-corrected chi connectivity index (χ4v) is 1.95. The molecular weight excluding hydrogens is 234 g/mol. The highest BCUT2D eigenvalue weighted by Crippen LogP contribution is 2.25. The van der Waals surface area contributed by atoms with Crippen LogP contribution in [-0.2, 0) is 11.2 Å². The number of hydrogen-bond donors (Lipinski definition) is 1. The predicted molar refractivity (Wildman–Crippen MR) is 72.3 cm³/mol. The summed E-state index contributed by atoms with van der Waals surface area (Å²) in [6, 6.07) is 7.80. The third-order valence-corrected chi connectivity index (χ3v) is 2.87. The van der Waals surface area contributed by atoms with Crippen molar-refractivity contribution < 1.29 is 4.79 Å². The van der Waals surface area contributed by atoms with Crippen LogP contribution < -0.4 is 5.32 Å². The van der Waals surface area contributed by atoms with Crippen molar-refractivity contribution in [1.82, 2.24) is 5.32 Å². The first-order valence-corrected chi connectivity index (χ1v) is 6.32. The van der Waals surface area contributed by atoms with E-state index in [0.29, 0.717) is 0 Å². The van der Waals surface area contributed by atoms with Gasteiger partial charge in [-0.2, -0.15) is 0 Å². The fourth-order valence-electron chi connectivity index (χ4n) is 1.68. The van der Waals surface area contributed by atoms with Crippen molar-refractivity contribution in [2.75, 3.05) is 0 Å². The first-order chi connectivity index (χ1) is 7.85. The van der Waals surface area contributed by atoms with Gasteiger partial charge in [-0.25, -0.2) is 0 Å². The maximum absolute atomic E-state index is 12.0. The molecule has 0 aliphatic carbocycles. The molecule has 0 aliphatic heterocycles. The van der Waals surface area contributed by atoms with Crippen LogP contribution >= 0.6 is 11.6 Å². The zero-order chi connectivity index (χ0) is 13.1. The number of carbonyl (C=O) groups is 1. The van der Waals surface area contributed by atoms with Crippen LogP contribution in [0.1, 0.15) is 44.2 Å². The van der Waals surface area contributed by atoms with Crippen LogP contribution in [0.2, 0.25) is 0 Å². The smallest absolute Gasteiger partial charge is 0.243 e. The van der Waals surface area contributed by atoms with Gasteiger partial charge in [0, 0.05) is 5.54 Å². The Morgan fingerprint density at radius 2 is 1.94 bits per heavy atom. The Kier molecular flexibility index (Phi) is 4.58. The molecule has 2 nitrogen and oxygen atoms in total. The van der Waals surface area contributed by atoms with Gasteiger partial charge in [0.25, 0.3) is 0 Å². The quantitative estimate of drug-likeness (QED) is 0.822. The van der Waals surface area contributed by atoms with Gasteiger partial charge in [-0.3, -0.25) is 4.79 Å². The molecular formula is C14H20ClNO. The number of carbonyl (C=O) groups excluding carboxylic acids is 1. The summed E-state index contributed by atoms with van der Waals surface area (Å²) in [7, 11) is 0. The van der Waals surface area contributed by atoms with Crippen molar-refractivity contribution >= 4 is 17.5 Å². The highest BCUT2D eigenvalue weighted by Gasteiger charge is 2.23. The van der Waals surface area contributed by atoms with Gasteiger partial charge in [-0.1, -0.05) is 31.2 Å². The van der Waals surface area contributed by atoms with Crippen molar-refractivity contribution in [3.05, 3.63) is 35.4 Å². The first kappa shape index (κ1) is 14.0. The number of alkyl halides is 1. The number of amides is 1. The van der Waals surface area contributed by atoms with E-state index in [-0.39, 0.29) is 11.4 Å². The van der Waals surface area contributed by atoms with Crippen molar-refractivity contribution in [2.45, 2.75) is 45.0 Å². The van der Waals surface area contributed by atoms with Crippen LogP contribution in [0.15, 0.2) is 24.3 Å². The van der Waals surface area contributed by atoms with Gasteiger partial charge in [0.2, 0.25) is 5.91 Å². The molecule has 1 aromatic rings. The average molecular weight is 254 g/mol. The Morgan fingerprint density at radius 1 is 1.35 bits per heavy atom. The summed E-state index contributed by atoms with van der Waals surface area (Å²) in [6.45, 7) is 7.89. The molecule has 94 valence electrons. The molecule has 0 saturated heterocycles. The Hall–Kier alpha value is -1.02. The molecule has 1 amide bonds. The topological polar surface area (TPSA) is 29.1 Å². The Morgan fingerprint density at radius 3 is 2.47 bits per heavy atom. The summed E-state index contributed by atoms with van der Waals surface area (Å²) >= 11 is 6.23. The highest BCUT2D eigenvalue weighted by atomic mass is 35.5. The van der Waals surface area contributed by atoms with Crippen LogP contribution in [0.25, 0.3) is 0 Å². The molecule has 1 atom stereocenters. The number of nitrogens with one attached hydrogen (secondary N) is 1. The first-order valence-electron chi connectivity index (χ1n) is 5.89. The van der Waals surface area contributed by atoms with E-state index < -0.39 is 5.38 Å². The zero-order valence-electron chi connectivity index (χ0n) is 10.9. The lowest BCUT2D eigenvalue weighted by molar-refractivity contribution is -0.122. The van der Waals surface area contributed by atoms with Gasteiger partial charge in [-0.15, -0.1) is 11.6 Å². The molecule has 1 rings (SSSR count). The zero-order valence-corrected chi connectivity index (χ0v) is 11.6. The van der Waals surface area contributed by atoms with E-state index in [2.05, 4.69) is 12.2 Å². The third-order valence-electron chi connectivity index (χ3n) is 2.44. The standard InChI is InChI=1S/C14H20ClNO/c1-5-10-8-6-7-9-11(10)12(15)13(17)16-14(2,3)4/h6-9,12H,5H2,1-4H3,(H,16,17). The van der Waals surface area contributed by atoms with Crippen molar-refractivity contribution in [2.24, 2.45) is 0 Å². The summed E-state index contributed by atoms with van der Waals surface area (Å²) in [4.78, 5) is 12.0. The van der Waals surface area contributed by atoms with Gasteiger partial charge < -0.3 is 5.32 Å². The molecule has 1 N–H and O–H groups in total. The predicted octanol–water partition coefficient (Wildman–Crippen LogP) is 3.44. The normalized spacial score (nSPS) is 13.2. The van der Waals surface area contributed by atoms with Crippen molar-refractivity contribution in [3.8, 4) is 0 Å². The van der Waals surface area contributed by atoms with Crippen LogP contribution in [0, 0.1) is 0 Å². The van der Waals surface area contributed by atoms with Gasteiger partial charge in [0.15, 0.2) is 0 Å². The second kappa shape index (κ2) is 5.54. The third kappa shape index (κ3) is 4.04. The van der Waals surface area contributed by atoms with Gasteiger partial charge >= 0.3 is 0 Å². The second-order valence-corrected chi connectivity index (χ2v) is 5.59. The number of halogens is 1. The van der Waals surface area contributed by atoms with Gasteiger partial charge in [0.1, 0.15) is 5.38 Å². The van der Waals surface area contributed by atoms with Gasteiger partial charge in [0.05, 0.1) is 0 Å². The molecule has 17 heavy (non-hydrogen) atoms. The molecule has 0 heterocycles. The molecule has 0 aliphatic rings. The summed E-state index contributed by atoms with van der Waals surface area (Å²) in [5.41, 5.74) is 1.76. The minimum Gasteiger partial charge on any atom is -0.350 e. The summed E-state index contributed by atoms with van der Waals surface area (Å²) in [6.07, 6.45) is 0.877. The second-order valence-electron chi connectivity index (χ2n) is 5.15. The van der Waals surface area contributed by atoms with Crippen molar-refractivity contribution in [3.63, 3.8) is 0 Å². The summed E-state index contributed by atoms with van der Waals surface area (Å²) in [5.74, 6) is -0.139. The lowest BCUT2D eigenvalue weighted by Crippen LogP contribution is -2.42. The molecule has 0 radical (unpaired) electrons. The lowest BCUT2D eigenvalue weighted by atomic mass is 10.0. The fraction of sp³-hybridized carbons (Fsp3) is 0.500. The molecule has 1 unspecified atom stereocenters. The Balaban J connectivity index is 2.89. The van der Waals surface area contributed by atoms with E-state index in [1.54, 1.807) is 0 Å². The molecule has 3 heteroatoms. The monoisotopic (exact) mass is 253 g/mol. The summed E-state index contributed by atoms with van der Waals surface area (Å²) < 4.78 is 0. The average Bonchev–Trinajstić information content (AvgIpc) is 2.25. The minimum atomic E-state index is -0.620. The maximum atomic E-state index is 12.0. The number of rotatable bonds is 3. The van der Waals surface area contributed by atoms with E-state index in [1.165, 1.54) is 0 Å². The minimum absolute atomic E-state index is 0.139. The molecule has 0 spiro atoms. The molecule has 0 saturated carbocycles. The van der Waals surface area contributed by atoms with E-state index in [1.807, 2.05) is 45.0 Å². The molecule has 0 fully saturated rings. The maximum Gasteiger partial charge on any atom is 0.243 e. The molecule has 1 aromatic carbocycles. The highest BCUT2D eigenvalue weighted by molar-refractivity contribution is 6.30. The Labute approximate surface area is 108 Å².